The number of benzene rings is 2. The third kappa shape index (κ3) is 3.48. The fraction of sp³-hybridized carbons (Fsp3) is 0.333. The van der Waals surface area contributed by atoms with E-state index in [1.807, 2.05) is 12.1 Å². The summed E-state index contributed by atoms with van der Waals surface area (Å²) in [7, 11) is 1.60. The number of nitrogen functional groups attached to an aromatic ring is 1. The minimum Gasteiger partial charge on any atom is -0.494 e. The van der Waals surface area contributed by atoms with E-state index < -0.39 is 0 Å². The molecule has 0 saturated heterocycles. The largest absolute Gasteiger partial charge is 0.494 e. The van der Waals surface area contributed by atoms with E-state index in [-0.39, 0.29) is 5.41 Å². The van der Waals surface area contributed by atoms with E-state index in [0.717, 1.165) is 11.3 Å². The highest BCUT2D eigenvalue weighted by molar-refractivity contribution is 5.56. The summed E-state index contributed by atoms with van der Waals surface area (Å²) in [5, 5.41) is 0. The lowest BCUT2D eigenvalue weighted by Crippen LogP contribution is -2.11. The number of hydrogen-bond donors (Lipinski definition) is 1. The van der Waals surface area contributed by atoms with Crippen molar-refractivity contribution in [2.75, 3.05) is 12.8 Å². The Hall–Kier alpha value is -2.16. The van der Waals surface area contributed by atoms with Crippen molar-refractivity contribution >= 4 is 5.69 Å². The molecular weight excluding hydrogens is 262 g/mol. The Labute approximate surface area is 126 Å². The first kappa shape index (κ1) is 15.2. The van der Waals surface area contributed by atoms with Crippen LogP contribution >= 0.6 is 0 Å². The maximum Gasteiger partial charge on any atom is 0.145 e. The molecule has 21 heavy (non-hydrogen) atoms. The van der Waals surface area contributed by atoms with Gasteiger partial charge in [-0.1, -0.05) is 32.9 Å². The van der Waals surface area contributed by atoms with Gasteiger partial charge in [-0.3, -0.25) is 0 Å². The molecule has 0 atom stereocenters. The van der Waals surface area contributed by atoms with Gasteiger partial charge in [0.1, 0.15) is 17.2 Å². The second-order valence-electron chi connectivity index (χ2n) is 6.24. The van der Waals surface area contributed by atoms with Crippen LogP contribution in [-0.2, 0) is 5.41 Å². The summed E-state index contributed by atoms with van der Waals surface area (Å²) < 4.78 is 11.2. The normalized spacial score (nSPS) is 11.3. The molecule has 0 radical (unpaired) electrons. The molecule has 0 amide bonds. The Bertz CT molecular complexity index is 642. The lowest BCUT2D eigenvalue weighted by atomic mass is 9.86. The fourth-order valence-electron chi connectivity index (χ4n) is 2.11. The highest BCUT2D eigenvalue weighted by Gasteiger charge is 2.15. The Morgan fingerprint density at radius 3 is 2.24 bits per heavy atom. The molecule has 3 heteroatoms. The first-order chi connectivity index (χ1) is 9.81. The predicted molar refractivity (Wildman–Crippen MR) is 87.4 cm³/mol. The summed E-state index contributed by atoms with van der Waals surface area (Å²) in [6, 6.07) is 11.7. The van der Waals surface area contributed by atoms with Gasteiger partial charge in [-0.2, -0.15) is 0 Å². The Kier molecular flexibility index (Phi) is 4.12. The van der Waals surface area contributed by atoms with Gasteiger partial charge in [0, 0.05) is 6.07 Å². The van der Waals surface area contributed by atoms with Crippen molar-refractivity contribution in [3.8, 4) is 17.2 Å². The zero-order valence-corrected chi connectivity index (χ0v) is 13.4. The number of nitrogens with two attached hydrogens (primary N) is 1. The van der Waals surface area contributed by atoms with Gasteiger partial charge in [0.05, 0.1) is 12.8 Å². The van der Waals surface area contributed by atoms with Crippen molar-refractivity contribution in [3.63, 3.8) is 0 Å². The van der Waals surface area contributed by atoms with Gasteiger partial charge in [0.2, 0.25) is 0 Å². The minimum absolute atomic E-state index is 0.133. The highest BCUT2D eigenvalue weighted by Crippen LogP contribution is 2.33. The molecule has 0 aliphatic carbocycles. The average Bonchev–Trinajstić information content (AvgIpc) is 2.42. The van der Waals surface area contributed by atoms with Gasteiger partial charge in [0.25, 0.3) is 0 Å². The number of aryl methyl sites for hydroxylation is 1. The summed E-state index contributed by atoms with van der Waals surface area (Å²) in [6.07, 6.45) is 0. The van der Waals surface area contributed by atoms with Crippen LogP contribution in [0.4, 0.5) is 5.69 Å². The van der Waals surface area contributed by atoms with Gasteiger partial charge in [0.15, 0.2) is 0 Å². The van der Waals surface area contributed by atoms with Crippen LogP contribution in [-0.4, -0.2) is 7.11 Å². The van der Waals surface area contributed by atoms with Crippen molar-refractivity contribution in [2.45, 2.75) is 33.1 Å². The molecule has 2 aromatic carbocycles. The third-order valence-electron chi connectivity index (χ3n) is 3.47. The van der Waals surface area contributed by atoms with Gasteiger partial charge in [-0.15, -0.1) is 0 Å². The molecule has 0 aromatic heterocycles. The van der Waals surface area contributed by atoms with Crippen LogP contribution in [0.25, 0.3) is 0 Å². The van der Waals surface area contributed by atoms with E-state index in [1.54, 1.807) is 19.2 Å². The van der Waals surface area contributed by atoms with Crippen molar-refractivity contribution < 1.29 is 9.47 Å². The van der Waals surface area contributed by atoms with Gasteiger partial charge >= 0.3 is 0 Å². The monoisotopic (exact) mass is 285 g/mol. The topological polar surface area (TPSA) is 44.5 Å². The van der Waals surface area contributed by atoms with Gasteiger partial charge in [-0.05, 0) is 41.7 Å². The first-order valence-electron chi connectivity index (χ1n) is 7.04. The second kappa shape index (κ2) is 5.68. The Morgan fingerprint density at radius 1 is 0.952 bits per heavy atom. The van der Waals surface area contributed by atoms with E-state index >= 15 is 0 Å². The zero-order chi connectivity index (χ0) is 15.6. The van der Waals surface area contributed by atoms with E-state index in [0.29, 0.717) is 17.2 Å². The molecule has 112 valence electrons. The summed E-state index contributed by atoms with van der Waals surface area (Å²) in [4.78, 5) is 0. The lowest BCUT2D eigenvalue weighted by Gasteiger charge is -2.20. The highest BCUT2D eigenvalue weighted by atomic mass is 16.5. The molecule has 3 nitrogen and oxygen atoms in total. The van der Waals surface area contributed by atoms with E-state index in [9.17, 15) is 0 Å². The molecule has 0 bridgehead atoms. The smallest absolute Gasteiger partial charge is 0.145 e. The molecule has 2 rings (SSSR count). The summed E-state index contributed by atoms with van der Waals surface area (Å²) in [5.74, 6) is 2.18. The molecule has 0 unspecified atom stereocenters. The fourth-order valence-corrected chi connectivity index (χ4v) is 2.11. The van der Waals surface area contributed by atoms with E-state index in [2.05, 4.69) is 39.8 Å². The van der Waals surface area contributed by atoms with Crippen LogP contribution in [0.5, 0.6) is 17.2 Å². The van der Waals surface area contributed by atoms with Gasteiger partial charge in [-0.25, -0.2) is 0 Å². The molecule has 0 aliphatic heterocycles. The number of rotatable bonds is 3. The molecule has 0 fully saturated rings. The quantitative estimate of drug-likeness (QED) is 0.833. The maximum atomic E-state index is 5.94. The molecule has 0 spiro atoms. The van der Waals surface area contributed by atoms with Crippen LogP contribution in [0.2, 0.25) is 0 Å². The zero-order valence-electron chi connectivity index (χ0n) is 13.4. The van der Waals surface area contributed by atoms with Crippen LogP contribution in [0.3, 0.4) is 0 Å². The number of hydrogen-bond acceptors (Lipinski definition) is 3. The van der Waals surface area contributed by atoms with Crippen molar-refractivity contribution in [1.29, 1.82) is 0 Å². The van der Waals surface area contributed by atoms with Crippen LogP contribution < -0.4 is 15.2 Å². The summed E-state index contributed by atoms with van der Waals surface area (Å²) >= 11 is 0. The first-order valence-corrected chi connectivity index (χ1v) is 7.04. The molecule has 0 aliphatic rings. The van der Waals surface area contributed by atoms with E-state index in [4.69, 9.17) is 15.2 Å². The maximum absolute atomic E-state index is 5.94. The lowest BCUT2D eigenvalue weighted by molar-refractivity contribution is 0.411. The molecule has 0 heterocycles. The van der Waals surface area contributed by atoms with E-state index in [1.165, 1.54) is 5.56 Å². The van der Waals surface area contributed by atoms with Gasteiger partial charge < -0.3 is 15.2 Å². The second-order valence-corrected chi connectivity index (χ2v) is 6.24. The summed E-state index contributed by atoms with van der Waals surface area (Å²) in [6.45, 7) is 8.66. The van der Waals surface area contributed by atoms with Crippen molar-refractivity contribution in [2.24, 2.45) is 0 Å². The third-order valence-corrected chi connectivity index (χ3v) is 3.47. The summed E-state index contributed by atoms with van der Waals surface area (Å²) in [5.41, 5.74) is 8.95. The number of methoxy groups -OCH3 is 1. The molecule has 2 N–H and O–H groups in total. The SMILES string of the molecule is COc1cc(Oc2ccc(C(C)(C)C)cc2C)ccc1N. The van der Waals surface area contributed by atoms with Crippen LogP contribution in [0.1, 0.15) is 31.9 Å². The standard InChI is InChI=1S/C18H23NO2/c1-12-10-13(18(2,3)4)6-9-16(12)21-14-7-8-15(19)17(11-14)20-5/h6-11H,19H2,1-5H3. The number of anilines is 1. The Morgan fingerprint density at radius 2 is 1.67 bits per heavy atom. The predicted octanol–water partition coefficient (Wildman–Crippen LogP) is 4.68. The van der Waals surface area contributed by atoms with Crippen LogP contribution in [0, 0.1) is 6.92 Å². The molecule has 0 saturated carbocycles. The minimum atomic E-state index is 0.133. The van der Waals surface area contributed by atoms with Crippen LogP contribution in [0.15, 0.2) is 36.4 Å². The average molecular weight is 285 g/mol. The molecular formula is C18H23NO2. The molecule has 2 aromatic rings. The van der Waals surface area contributed by atoms with Crippen molar-refractivity contribution in [1.82, 2.24) is 0 Å². The number of ether oxygens (including phenoxy) is 2. The van der Waals surface area contributed by atoms with Crippen molar-refractivity contribution in [3.05, 3.63) is 47.5 Å². The Balaban J connectivity index is 2.28.